The Bertz CT molecular complexity index is 685. The predicted octanol–water partition coefficient (Wildman–Crippen LogP) is 2.85. The topological polar surface area (TPSA) is 84.0 Å². The van der Waals surface area contributed by atoms with Crippen LogP contribution in [0.2, 0.25) is 0 Å². The van der Waals surface area contributed by atoms with E-state index in [0.717, 1.165) is 35.9 Å². The van der Waals surface area contributed by atoms with Crippen molar-refractivity contribution in [2.75, 3.05) is 38.7 Å². The van der Waals surface area contributed by atoms with E-state index in [1.54, 1.807) is 7.05 Å². The van der Waals surface area contributed by atoms with Crippen LogP contribution < -0.4 is 20.7 Å². The number of aryl methyl sites for hydroxylation is 1. The average Bonchev–Trinajstić information content (AvgIpc) is 3.01. The Balaban J connectivity index is 1.29. The molecule has 0 aromatic heterocycles. The van der Waals surface area contributed by atoms with Gasteiger partial charge in [-0.1, -0.05) is 25.7 Å². The number of guanidine groups is 1. The van der Waals surface area contributed by atoms with E-state index in [-0.39, 0.29) is 5.91 Å². The number of anilines is 1. The molecule has 7 heteroatoms. The third kappa shape index (κ3) is 7.24. The lowest BCUT2D eigenvalue weighted by Gasteiger charge is -2.18. The summed E-state index contributed by atoms with van der Waals surface area (Å²) in [5, 5.41) is 9.43. The van der Waals surface area contributed by atoms with Gasteiger partial charge in [0.1, 0.15) is 12.4 Å². The molecule has 0 radical (unpaired) electrons. The van der Waals surface area contributed by atoms with Crippen molar-refractivity contribution in [2.45, 2.75) is 57.5 Å². The number of rotatable bonds is 8. The first-order valence-electron chi connectivity index (χ1n) is 10.9. The molecule has 0 bridgehead atoms. The molecule has 1 aliphatic carbocycles. The van der Waals surface area contributed by atoms with Gasteiger partial charge in [-0.05, 0) is 43.0 Å². The molecule has 7 nitrogen and oxygen atoms in total. The highest BCUT2D eigenvalue weighted by molar-refractivity contribution is 5.94. The van der Waals surface area contributed by atoms with E-state index in [1.807, 2.05) is 18.2 Å². The van der Waals surface area contributed by atoms with Crippen molar-refractivity contribution >= 4 is 17.6 Å². The maximum Gasteiger partial charge on any atom is 0.224 e. The van der Waals surface area contributed by atoms with Crippen LogP contribution in [0.15, 0.2) is 23.2 Å². The Morgan fingerprint density at radius 2 is 1.86 bits per heavy atom. The number of carbonyl (C=O) groups is 1. The Morgan fingerprint density at radius 1 is 1.10 bits per heavy atom. The van der Waals surface area contributed by atoms with Crippen LogP contribution in [0.25, 0.3) is 0 Å². The van der Waals surface area contributed by atoms with Crippen LogP contribution in [0.1, 0.15) is 50.5 Å². The molecule has 29 heavy (non-hydrogen) atoms. The second kappa shape index (κ2) is 11.7. The molecule has 1 saturated carbocycles. The van der Waals surface area contributed by atoms with Crippen LogP contribution in [0.4, 0.5) is 5.69 Å². The third-order valence-electron chi connectivity index (χ3n) is 5.41. The van der Waals surface area contributed by atoms with Crippen molar-refractivity contribution in [1.29, 1.82) is 0 Å². The maximum atomic E-state index is 11.4. The number of nitrogens with one attached hydrogen (secondary N) is 3. The monoisotopic (exact) mass is 402 g/mol. The Kier molecular flexibility index (Phi) is 8.61. The van der Waals surface area contributed by atoms with Crippen molar-refractivity contribution < 1.29 is 14.3 Å². The highest BCUT2D eigenvalue weighted by Gasteiger charge is 2.15. The van der Waals surface area contributed by atoms with Crippen molar-refractivity contribution in [3.63, 3.8) is 0 Å². The summed E-state index contributed by atoms with van der Waals surface area (Å²) in [7, 11) is 1.76. The van der Waals surface area contributed by atoms with Gasteiger partial charge >= 0.3 is 0 Å². The molecule has 0 atom stereocenters. The number of carbonyl (C=O) groups excluding carboxylic acids is 1. The molecule has 160 valence electrons. The quantitative estimate of drug-likeness (QED) is 0.270. The zero-order valence-corrected chi connectivity index (χ0v) is 17.5. The molecule has 0 spiro atoms. The van der Waals surface area contributed by atoms with E-state index in [2.05, 4.69) is 20.9 Å². The molecule has 3 N–H and O–H groups in total. The van der Waals surface area contributed by atoms with E-state index in [4.69, 9.17) is 9.47 Å². The van der Waals surface area contributed by atoms with Gasteiger partial charge in [0.15, 0.2) is 5.96 Å². The summed E-state index contributed by atoms with van der Waals surface area (Å²) < 4.78 is 11.8. The third-order valence-corrected chi connectivity index (χ3v) is 5.41. The minimum atomic E-state index is 0.0777. The number of ether oxygens (including phenoxy) is 2. The number of hydrogen-bond donors (Lipinski definition) is 3. The van der Waals surface area contributed by atoms with Gasteiger partial charge < -0.3 is 25.4 Å². The summed E-state index contributed by atoms with van der Waals surface area (Å²) in [6.07, 6.45) is 9.38. The lowest BCUT2D eigenvalue weighted by atomic mass is 10.0. The van der Waals surface area contributed by atoms with Crippen LogP contribution >= 0.6 is 0 Å². The number of hydrogen-bond acceptors (Lipinski definition) is 4. The summed E-state index contributed by atoms with van der Waals surface area (Å²) in [5.41, 5.74) is 2.02. The summed E-state index contributed by atoms with van der Waals surface area (Å²) in [5.74, 6) is 1.65. The smallest absolute Gasteiger partial charge is 0.224 e. The standard InChI is InChI=1S/C22H34N4O3/c1-23-22(24-12-14-28-18-6-4-2-3-5-7-18)25-13-15-29-19-9-10-20-17(16-19)8-11-21(27)26-20/h9-10,16,18H,2-8,11-15H2,1H3,(H,26,27)(H2,23,24,25). The first-order valence-corrected chi connectivity index (χ1v) is 10.9. The zero-order valence-electron chi connectivity index (χ0n) is 17.5. The van der Waals surface area contributed by atoms with E-state index < -0.39 is 0 Å². The maximum absolute atomic E-state index is 11.4. The van der Waals surface area contributed by atoms with Crippen LogP contribution in [0.3, 0.4) is 0 Å². The summed E-state index contributed by atoms with van der Waals surface area (Å²) >= 11 is 0. The van der Waals surface area contributed by atoms with Gasteiger partial charge in [-0.15, -0.1) is 0 Å². The number of benzene rings is 1. The second-order valence-corrected chi connectivity index (χ2v) is 7.63. The molecule has 3 rings (SSSR count). The van der Waals surface area contributed by atoms with Crippen LogP contribution in [-0.2, 0) is 16.0 Å². The second-order valence-electron chi connectivity index (χ2n) is 7.63. The normalized spacial score (nSPS) is 17.8. The van der Waals surface area contributed by atoms with Gasteiger partial charge in [0.05, 0.1) is 19.3 Å². The van der Waals surface area contributed by atoms with Crippen LogP contribution in [0, 0.1) is 0 Å². The van der Waals surface area contributed by atoms with Crippen LogP contribution in [-0.4, -0.2) is 51.3 Å². The molecule has 1 amide bonds. The van der Waals surface area contributed by atoms with Gasteiger partial charge in [0.2, 0.25) is 5.91 Å². The highest BCUT2D eigenvalue weighted by atomic mass is 16.5. The van der Waals surface area contributed by atoms with Crippen molar-refractivity contribution in [3.05, 3.63) is 23.8 Å². The fraction of sp³-hybridized carbons (Fsp3) is 0.636. The van der Waals surface area contributed by atoms with E-state index in [1.165, 1.54) is 38.5 Å². The van der Waals surface area contributed by atoms with E-state index in [9.17, 15) is 4.79 Å². The molecule has 1 heterocycles. The summed E-state index contributed by atoms with van der Waals surface area (Å²) in [6, 6.07) is 5.80. The fourth-order valence-electron chi connectivity index (χ4n) is 3.81. The first-order chi connectivity index (χ1) is 14.2. The first kappa shape index (κ1) is 21.4. The lowest BCUT2D eigenvalue weighted by molar-refractivity contribution is -0.116. The SMILES string of the molecule is CN=C(NCCOc1ccc2c(c1)CCC(=O)N2)NCCOC1CCCCCC1. The molecular formula is C22H34N4O3. The molecule has 0 saturated heterocycles. The molecule has 0 unspecified atom stereocenters. The number of nitrogens with zero attached hydrogens (tertiary/aromatic N) is 1. The molecule has 1 fully saturated rings. The van der Waals surface area contributed by atoms with E-state index in [0.29, 0.717) is 32.3 Å². The number of amides is 1. The zero-order chi connectivity index (χ0) is 20.3. The predicted molar refractivity (Wildman–Crippen MR) is 116 cm³/mol. The molecule has 1 aromatic carbocycles. The number of fused-ring (bicyclic) bond motifs is 1. The minimum absolute atomic E-state index is 0.0777. The van der Waals surface area contributed by atoms with Crippen molar-refractivity contribution in [2.24, 2.45) is 4.99 Å². The Hall–Kier alpha value is -2.28. The lowest BCUT2D eigenvalue weighted by Crippen LogP contribution is -2.41. The van der Waals surface area contributed by atoms with E-state index >= 15 is 0 Å². The van der Waals surface area contributed by atoms with Gasteiger partial charge in [-0.25, -0.2) is 0 Å². The van der Waals surface area contributed by atoms with Gasteiger partial charge in [0.25, 0.3) is 0 Å². The van der Waals surface area contributed by atoms with Gasteiger partial charge in [-0.3, -0.25) is 9.79 Å². The van der Waals surface area contributed by atoms with Gasteiger partial charge in [0, 0.05) is 25.7 Å². The average molecular weight is 403 g/mol. The Labute approximate surface area is 173 Å². The molecule has 2 aliphatic rings. The van der Waals surface area contributed by atoms with Crippen molar-refractivity contribution in [1.82, 2.24) is 10.6 Å². The summed E-state index contributed by atoms with van der Waals surface area (Å²) in [4.78, 5) is 15.7. The summed E-state index contributed by atoms with van der Waals surface area (Å²) in [6.45, 7) is 2.63. The van der Waals surface area contributed by atoms with Crippen LogP contribution in [0.5, 0.6) is 5.75 Å². The largest absolute Gasteiger partial charge is 0.492 e. The van der Waals surface area contributed by atoms with Gasteiger partial charge in [-0.2, -0.15) is 0 Å². The molecular weight excluding hydrogens is 368 g/mol. The fourth-order valence-corrected chi connectivity index (χ4v) is 3.81. The minimum Gasteiger partial charge on any atom is -0.492 e. The molecule has 1 aromatic rings. The number of aliphatic imine (C=N–C) groups is 1. The molecule has 1 aliphatic heterocycles. The Morgan fingerprint density at radius 3 is 2.62 bits per heavy atom. The van der Waals surface area contributed by atoms with Crippen molar-refractivity contribution in [3.8, 4) is 5.75 Å². The highest BCUT2D eigenvalue weighted by Crippen LogP contribution is 2.26.